The number of nitrogens with zero attached hydrogens (tertiary/aromatic N) is 2. The first kappa shape index (κ1) is 18.0. The van der Waals surface area contributed by atoms with Crippen LogP contribution in [0.2, 0.25) is 0 Å². The second-order valence-corrected chi connectivity index (χ2v) is 8.34. The molecule has 1 fully saturated rings. The zero-order valence-electron chi connectivity index (χ0n) is 17.0. The van der Waals surface area contributed by atoms with Crippen molar-refractivity contribution in [3.63, 3.8) is 0 Å². The van der Waals surface area contributed by atoms with E-state index < -0.39 is 5.54 Å². The lowest BCUT2D eigenvalue weighted by Gasteiger charge is -2.50. The standard InChI is InChI=1S/C24H25N3O2/c1-4-15-9-11-16(12-10-15)18-13-27-20(28)14-26(3)23(29)24(27,2)22-21(18)17-7-5-6-8-19(17)25-22/h5-12,18,25H,4,13-14H2,1-3H3/t18-,24-/m1/s1. The number of rotatable bonds is 2. The van der Waals surface area contributed by atoms with Gasteiger partial charge in [-0.05, 0) is 36.1 Å². The number of amides is 2. The Morgan fingerprint density at radius 3 is 2.55 bits per heavy atom. The average molecular weight is 387 g/mol. The van der Waals surface area contributed by atoms with Crippen LogP contribution in [-0.4, -0.2) is 46.7 Å². The minimum Gasteiger partial charge on any atom is -0.356 e. The maximum atomic E-state index is 13.3. The lowest BCUT2D eigenvalue weighted by atomic mass is 9.76. The van der Waals surface area contributed by atoms with Gasteiger partial charge in [0.15, 0.2) is 5.54 Å². The molecule has 2 atom stereocenters. The van der Waals surface area contributed by atoms with Crippen molar-refractivity contribution in [2.45, 2.75) is 31.7 Å². The van der Waals surface area contributed by atoms with Crippen LogP contribution in [0.15, 0.2) is 48.5 Å². The molecular weight excluding hydrogens is 362 g/mol. The van der Waals surface area contributed by atoms with E-state index in [-0.39, 0.29) is 24.3 Å². The number of hydrogen-bond donors (Lipinski definition) is 1. The number of benzene rings is 2. The van der Waals surface area contributed by atoms with Crippen LogP contribution in [0.1, 0.15) is 42.1 Å². The number of aromatic amines is 1. The Kier molecular flexibility index (Phi) is 3.85. The summed E-state index contributed by atoms with van der Waals surface area (Å²) >= 11 is 0. The van der Waals surface area contributed by atoms with Crippen LogP contribution < -0.4 is 0 Å². The lowest BCUT2D eigenvalue weighted by Crippen LogP contribution is -2.66. The van der Waals surface area contributed by atoms with Crippen LogP contribution in [0.4, 0.5) is 0 Å². The fourth-order valence-electron chi connectivity index (χ4n) is 5.06. The third kappa shape index (κ3) is 2.40. The van der Waals surface area contributed by atoms with Crippen molar-refractivity contribution >= 4 is 22.7 Å². The lowest BCUT2D eigenvalue weighted by molar-refractivity contribution is -0.164. The molecule has 0 aliphatic carbocycles. The van der Waals surface area contributed by atoms with E-state index in [9.17, 15) is 9.59 Å². The molecule has 1 N–H and O–H groups in total. The number of likely N-dealkylation sites (N-methyl/N-ethyl adjacent to an activating group) is 1. The van der Waals surface area contributed by atoms with Crippen LogP contribution >= 0.6 is 0 Å². The molecule has 5 heteroatoms. The first-order chi connectivity index (χ1) is 13.9. The van der Waals surface area contributed by atoms with Gasteiger partial charge in [-0.25, -0.2) is 0 Å². The number of aromatic nitrogens is 1. The smallest absolute Gasteiger partial charge is 0.254 e. The van der Waals surface area contributed by atoms with Crippen molar-refractivity contribution in [1.29, 1.82) is 0 Å². The van der Waals surface area contributed by atoms with Crippen LogP contribution in [0.25, 0.3) is 10.9 Å². The number of aryl methyl sites for hydroxylation is 1. The summed E-state index contributed by atoms with van der Waals surface area (Å²) in [6, 6.07) is 16.8. The van der Waals surface area contributed by atoms with E-state index in [4.69, 9.17) is 0 Å². The molecule has 3 heterocycles. The molecule has 0 saturated carbocycles. The minimum absolute atomic E-state index is 0.00548. The average Bonchev–Trinajstić information content (AvgIpc) is 3.13. The molecule has 148 valence electrons. The van der Waals surface area contributed by atoms with E-state index in [1.54, 1.807) is 16.8 Å². The zero-order valence-corrected chi connectivity index (χ0v) is 17.0. The summed E-state index contributed by atoms with van der Waals surface area (Å²) in [5.74, 6) is -0.0148. The summed E-state index contributed by atoms with van der Waals surface area (Å²) in [5, 5.41) is 1.13. The predicted octanol–water partition coefficient (Wildman–Crippen LogP) is 3.39. The Balaban J connectivity index is 1.77. The maximum Gasteiger partial charge on any atom is 0.254 e. The highest BCUT2D eigenvalue weighted by molar-refractivity contribution is 6.01. The van der Waals surface area contributed by atoms with Gasteiger partial charge in [0.25, 0.3) is 5.91 Å². The molecule has 5 rings (SSSR count). The van der Waals surface area contributed by atoms with Crippen molar-refractivity contribution in [3.05, 3.63) is 70.9 Å². The molecule has 2 amide bonds. The van der Waals surface area contributed by atoms with Crippen molar-refractivity contribution in [3.8, 4) is 0 Å². The molecule has 2 aromatic carbocycles. The highest BCUT2D eigenvalue weighted by atomic mass is 16.2. The first-order valence-corrected chi connectivity index (χ1v) is 10.2. The van der Waals surface area contributed by atoms with Gasteiger partial charge >= 0.3 is 0 Å². The van der Waals surface area contributed by atoms with Gasteiger partial charge < -0.3 is 14.8 Å². The number of carbonyl (C=O) groups is 2. The van der Waals surface area contributed by atoms with Crippen molar-refractivity contribution in [2.24, 2.45) is 0 Å². The SMILES string of the molecule is CCc1ccc([C@H]2CN3C(=O)CN(C)C(=O)[C@@]3(C)c3[nH]c4ccccc4c32)cc1. The molecule has 3 aromatic rings. The van der Waals surface area contributed by atoms with Gasteiger partial charge in [0, 0.05) is 30.4 Å². The Labute approximate surface area is 170 Å². The molecule has 0 unspecified atom stereocenters. The van der Waals surface area contributed by atoms with Crippen molar-refractivity contribution < 1.29 is 9.59 Å². The van der Waals surface area contributed by atoms with Crippen LogP contribution in [0.3, 0.4) is 0 Å². The van der Waals surface area contributed by atoms with Crippen LogP contribution in [0, 0.1) is 0 Å². The molecule has 5 nitrogen and oxygen atoms in total. The molecule has 0 spiro atoms. The summed E-state index contributed by atoms with van der Waals surface area (Å²) in [5.41, 5.74) is 4.45. The Morgan fingerprint density at radius 2 is 1.83 bits per heavy atom. The summed E-state index contributed by atoms with van der Waals surface area (Å²) in [7, 11) is 1.71. The minimum atomic E-state index is -1.00. The van der Waals surface area contributed by atoms with Crippen molar-refractivity contribution in [1.82, 2.24) is 14.8 Å². The van der Waals surface area contributed by atoms with Gasteiger partial charge in [-0.3, -0.25) is 9.59 Å². The number of H-pyrrole nitrogens is 1. The summed E-state index contributed by atoms with van der Waals surface area (Å²) in [6.07, 6.45) is 0.993. The molecule has 0 radical (unpaired) electrons. The van der Waals surface area contributed by atoms with Gasteiger partial charge in [-0.1, -0.05) is 49.4 Å². The first-order valence-electron chi connectivity index (χ1n) is 10.2. The molecule has 1 saturated heterocycles. The normalized spacial score (nSPS) is 24.0. The predicted molar refractivity (Wildman–Crippen MR) is 113 cm³/mol. The second-order valence-electron chi connectivity index (χ2n) is 8.34. The van der Waals surface area contributed by atoms with Gasteiger partial charge in [0.1, 0.15) is 0 Å². The van der Waals surface area contributed by atoms with Crippen molar-refractivity contribution in [2.75, 3.05) is 20.1 Å². The van der Waals surface area contributed by atoms with E-state index in [0.29, 0.717) is 6.54 Å². The van der Waals surface area contributed by atoms with E-state index in [1.165, 1.54) is 11.1 Å². The monoisotopic (exact) mass is 387 g/mol. The number of nitrogens with one attached hydrogen (secondary N) is 1. The topological polar surface area (TPSA) is 56.4 Å². The third-order valence-corrected chi connectivity index (χ3v) is 6.71. The zero-order chi connectivity index (χ0) is 20.3. The number of carbonyl (C=O) groups excluding carboxylic acids is 2. The fourth-order valence-corrected chi connectivity index (χ4v) is 5.06. The number of para-hydroxylation sites is 1. The summed E-state index contributed by atoms with van der Waals surface area (Å²) in [6.45, 7) is 4.67. The Hall–Kier alpha value is -3.08. The maximum absolute atomic E-state index is 13.3. The molecule has 2 aliphatic heterocycles. The van der Waals surface area contributed by atoms with E-state index in [0.717, 1.165) is 28.6 Å². The van der Waals surface area contributed by atoms with Crippen LogP contribution in [0.5, 0.6) is 0 Å². The highest BCUT2D eigenvalue weighted by Crippen LogP contribution is 2.47. The van der Waals surface area contributed by atoms with Crippen LogP contribution in [-0.2, 0) is 21.5 Å². The largest absolute Gasteiger partial charge is 0.356 e. The summed E-state index contributed by atoms with van der Waals surface area (Å²) < 4.78 is 0. The Bertz CT molecular complexity index is 1130. The highest BCUT2D eigenvalue weighted by Gasteiger charge is 2.55. The van der Waals surface area contributed by atoms with Gasteiger partial charge in [-0.15, -0.1) is 0 Å². The van der Waals surface area contributed by atoms with E-state index in [1.807, 2.05) is 25.1 Å². The van der Waals surface area contributed by atoms with Gasteiger partial charge in [0.2, 0.25) is 5.91 Å². The number of piperazine rings is 1. The number of fused-ring (bicyclic) bond motifs is 5. The Morgan fingerprint density at radius 1 is 1.10 bits per heavy atom. The molecule has 2 aliphatic rings. The fraction of sp³-hybridized carbons (Fsp3) is 0.333. The van der Waals surface area contributed by atoms with Gasteiger partial charge in [0.05, 0.1) is 12.2 Å². The third-order valence-electron chi connectivity index (χ3n) is 6.71. The number of hydrogen-bond acceptors (Lipinski definition) is 2. The molecule has 29 heavy (non-hydrogen) atoms. The molecule has 0 bridgehead atoms. The summed E-state index contributed by atoms with van der Waals surface area (Å²) in [4.78, 5) is 33.2. The quantitative estimate of drug-likeness (QED) is 0.733. The molecule has 1 aromatic heterocycles. The van der Waals surface area contributed by atoms with E-state index >= 15 is 0 Å². The second kappa shape index (κ2) is 6.21. The molecular formula is C24H25N3O2. The van der Waals surface area contributed by atoms with E-state index in [2.05, 4.69) is 42.2 Å². The van der Waals surface area contributed by atoms with Gasteiger partial charge in [-0.2, -0.15) is 0 Å².